The molecule has 2 amide bonds. The predicted molar refractivity (Wildman–Crippen MR) is 120 cm³/mol. The molecule has 0 radical (unpaired) electrons. The Bertz CT molecular complexity index is 1050. The molecule has 1 aliphatic rings. The number of carboxylic acids is 1. The predicted octanol–water partition coefficient (Wildman–Crippen LogP) is 3.09. The zero-order valence-corrected chi connectivity index (χ0v) is 18.0. The number of carbonyl (C=O) groups is 3. The Morgan fingerprint density at radius 1 is 1.19 bits per heavy atom. The molecule has 3 rings (SSSR count). The van der Waals surface area contributed by atoms with Gasteiger partial charge in [-0.15, -0.1) is 0 Å². The first-order chi connectivity index (χ1) is 14.9. The minimum atomic E-state index is -0.967. The fraction of sp³-hybridized carbons (Fsp3) is 0.143. The van der Waals surface area contributed by atoms with Crippen molar-refractivity contribution < 1.29 is 29.0 Å². The van der Waals surface area contributed by atoms with Gasteiger partial charge in [0.05, 0.1) is 25.0 Å². The minimum Gasteiger partial charge on any atom is -0.497 e. The van der Waals surface area contributed by atoms with E-state index in [0.717, 1.165) is 16.8 Å². The van der Waals surface area contributed by atoms with Crippen molar-refractivity contribution in [3.8, 4) is 11.5 Å². The van der Waals surface area contributed by atoms with E-state index in [1.54, 1.807) is 54.6 Å². The van der Waals surface area contributed by atoms with Crippen LogP contribution in [0, 0.1) is 0 Å². The molecule has 0 spiro atoms. The maximum absolute atomic E-state index is 12.8. The number of aliphatic carboxylic acids is 1. The molecule has 0 aliphatic carbocycles. The molecule has 0 atom stereocenters. The van der Waals surface area contributed by atoms with Gasteiger partial charge in [0.2, 0.25) is 0 Å². The van der Waals surface area contributed by atoms with Crippen LogP contribution in [0.4, 0.5) is 0 Å². The van der Waals surface area contributed by atoms with Crippen LogP contribution < -0.4 is 14.9 Å². The first kappa shape index (κ1) is 22.3. The number of nitrogens with one attached hydrogen (secondary N) is 1. The number of thioether (sulfide) groups is 1. The van der Waals surface area contributed by atoms with Crippen LogP contribution in [0.5, 0.6) is 11.5 Å². The van der Waals surface area contributed by atoms with Gasteiger partial charge in [-0.25, -0.2) is 0 Å². The third-order valence-electron chi connectivity index (χ3n) is 4.14. The molecular formula is C21H18N2O6S2. The molecule has 0 unspecified atom stereocenters. The van der Waals surface area contributed by atoms with E-state index < -0.39 is 17.8 Å². The van der Waals surface area contributed by atoms with Crippen molar-refractivity contribution in [3.63, 3.8) is 0 Å². The summed E-state index contributed by atoms with van der Waals surface area (Å²) >= 11 is 6.29. The second-order valence-corrected chi connectivity index (χ2v) is 7.89. The lowest BCUT2D eigenvalue weighted by Crippen LogP contribution is -2.44. The van der Waals surface area contributed by atoms with E-state index in [1.807, 2.05) is 0 Å². The van der Waals surface area contributed by atoms with E-state index in [4.69, 9.17) is 26.8 Å². The highest BCUT2D eigenvalue weighted by atomic mass is 32.2. The lowest BCUT2D eigenvalue weighted by molar-refractivity contribution is -0.137. The number of rotatable bonds is 8. The molecule has 31 heavy (non-hydrogen) atoms. The first-order valence-electron chi connectivity index (χ1n) is 9.05. The maximum Gasteiger partial charge on any atom is 0.306 e. The number of hydrogen-bond donors (Lipinski definition) is 2. The Kier molecular flexibility index (Phi) is 7.27. The van der Waals surface area contributed by atoms with Crippen LogP contribution in [0.2, 0.25) is 0 Å². The standard InChI is InChI=1S/C21H18N2O6S2/c1-28-15-8-6-13(7-9-15)19(26)22-23-20(27)17(31-21(23)30)12-14-4-2-3-5-16(14)29-11-10-18(24)25/h2-9,12H,10-11H2,1H3,(H,22,26)(H,24,25)/b17-12+. The molecule has 1 heterocycles. The number of amides is 2. The number of carboxylic acid groups (broad SMARTS) is 1. The molecular weight excluding hydrogens is 440 g/mol. The zero-order valence-electron chi connectivity index (χ0n) is 16.4. The van der Waals surface area contributed by atoms with Gasteiger partial charge in [-0.05, 0) is 48.6 Å². The SMILES string of the molecule is COc1ccc(C(=O)NN2C(=O)/C(=C\c3ccccc3OCCC(=O)O)SC2=S)cc1. The average molecular weight is 459 g/mol. The Balaban J connectivity index is 1.73. The van der Waals surface area contributed by atoms with E-state index >= 15 is 0 Å². The summed E-state index contributed by atoms with van der Waals surface area (Å²) in [4.78, 5) is 36.3. The summed E-state index contributed by atoms with van der Waals surface area (Å²) in [6.07, 6.45) is 1.45. The van der Waals surface area contributed by atoms with E-state index in [1.165, 1.54) is 7.11 Å². The Labute approximate surface area is 187 Å². The summed E-state index contributed by atoms with van der Waals surface area (Å²) in [5.74, 6) is -0.883. The van der Waals surface area contributed by atoms with Crippen molar-refractivity contribution in [3.05, 3.63) is 64.6 Å². The average Bonchev–Trinajstić information content (AvgIpc) is 3.02. The van der Waals surface area contributed by atoms with Crippen LogP contribution in [0.1, 0.15) is 22.3 Å². The molecule has 10 heteroatoms. The van der Waals surface area contributed by atoms with E-state index in [2.05, 4.69) is 5.43 Å². The van der Waals surface area contributed by atoms with Gasteiger partial charge in [0.25, 0.3) is 11.8 Å². The van der Waals surface area contributed by atoms with Gasteiger partial charge in [-0.2, -0.15) is 5.01 Å². The Morgan fingerprint density at radius 3 is 2.58 bits per heavy atom. The summed E-state index contributed by atoms with van der Waals surface area (Å²) in [6, 6.07) is 13.4. The highest BCUT2D eigenvalue weighted by molar-refractivity contribution is 8.26. The van der Waals surface area contributed by atoms with Gasteiger partial charge in [0.1, 0.15) is 11.5 Å². The van der Waals surface area contributed by atoms with Crippen molar-refractivity contribution in [1.82, 2.24) is 10.4 Å². The molecule has 8 nitrogen and oxygen atoms in total. The van der Waals surface area contributed by atoms with Gasteiger partial charge in [0.15, 0.2) is 4.32 Å². The molecule has 1 saturated heterocycles. The summed E-state index contributed by atoms with van der Waals surface area (Å²) in [5, 5.41) is 9.78. The summed E-state index contributed by atoms with van der Waals surface area (Å²) in [7, 11) is 1.52. The van der Waals surface area contributed by atoms with Crippen LogP contribution in [-0.2, 0) is 9.59 Å². The van der Waals surface area contributed by atoms with Crippen molar-refractivity contribution in [2.75, 3.05) is 13.7 Å². The van der Waals surface area contributed by atoms with Crippen molar-refractivity contribution in [2.45, 2.75) is 6.42 Å². The lowest BCUT2D eigenvalue weighted by Gasteiger charge is -2.15. The fourth-order valence-corrected chi connectivity index (χ4v) is 3.76. The number of benzene rings is 2. The highest BCUT2D eigenvalue weighted by Gasteiger charge is 2.34. The van der Waals surface area contributed by atoms with Crippen LogP contribution in [0.15, 0.2) is 53.4 Å². The molecule has 160 valence electrons. The third kappa shape index (κ3) is 5.62. The van der Waals surface area contributed by atoms with Gasteiger partial charge in [-0.3, -0.25) is 19.8 Å². The van der Waals surface area contributed by atoms with Crippen molar-refractivity contribution in [2.24, 2.45) is 0 Å². The summed E-state index contributed by atoms with van der Waals surface area (Å²) < 4.78 is 10.8. The van der Waals surface area contributed by atoms with E-state index in [9.17, 15) is 14.4 Å². The quantitative estimate of drug-likeness (QED) is 0.459. The second-order valence-electron chi connectivity index (χ2n) is 6.22. The number of nitrogens with zero attached hydrogens (tertiary/aromatic N) is 1. The lowest BCUT2D eigenvalue weighted by atomic mass is 10.2. The largest absolute Gasteiger partial charge is 0.497 e. The normalized spacial score (nSPS) is 14.6. The molecule has 2 N–H and O–H groups in total. The van der Waals surface area contributed by atoms with Crippen LogP contribution in [-0.4, -0.2) is 45.9 Å². The third-order valence-corrected chi connectivity index (χ3v) is 5.44. The Hall–Kier alpha value is -3.37. The number of hydrogen-bond acceptors (Lipinski definition) is 7. The smallest absolute Gasteiger partial charge is 0.306 e. The molecule has 1 aliphatic heterocycles. The molecule has 1 fully saturated rings. The van der Waals surface area contributed by atoms with E-state index in [0.29, 0.717) is 27.5 Å². The maximum atomic E-state index is 12.8. The van der Waals surface area contributed by atoms with Gasteiger partial charge in [-0.1, -0.05) is 30.0 Å². The highest BCUT2D eigenvalue weighted by Crippen LogP contribution is 2.33. The second kappa shape index (κ2) is 10.1. The number of para-hydroxylation sites is 1. The molecule has 0 aromatic heterocycles. The zero-order chi connectivity index (χ0) is 22.4. The number of carbonyl (C=O) groups excluding carboxylic acids is 2. The van der Waals surface area contributed by atoms with Crippen molar-refractivity contribution in [1.29, 1.82) is 0 Å². The van der Waals surface area contributed by atoms with Gasteiger partial charge < -0.3 is 14.6 Å². The van der Waals surface area contributed by atoms with Crippen LogP contribution in [0.3, 0.4) is 0 Å². The van der Waals surface area contributed by atoms with Crippen LogP contribution >= 0.6 is 24.0 Å². The topological polar surface area (TPSA) is 105 Å². The monoisotopic (exact) mass is 458 g/mol. The van der Waals surface area contributed by atoms with Gasteiger partial charge >= 0.3 is 5.97 Å². The summed E-state index contributed by atoms with van der Waals surface area (Å²) in [5.41, 5.74) is 3.45. The summed E-state index contributed by atoms with van der Waals surface area (Å²) in [6.45, 7) is -0.000928. The van der Waals surface area contributed by atoms with Crippen LogP contribution in [0.25, 0.3) is 6.08 Å². The first-order valence-corrected chi connectivity index (χ1v) is 10.3. The molecule has 0 bridgehead atoms. The molecule has 2 aromatic carbocycles. The van der Waals surface area contributed by atoms with Gasteiger partial charge in [0, 0.05) is 11.1 Å². The Morgan fingerprint density at radius 2 is 1.90 bits per heavy atom. The fourth-order valence-electron chi connectivity index (χ4n) is 2.59. The number of methoxy groups -OCH3 is 1. The number of hydrazine groups is 1. The molecule has 0 saturated carbocycles. The van der Waals surface area contributed by atoms with Crippen molar-refractivity contribution >= 4 is 52.2 Å². The minimum absolute atomic E-state index is 0.000928. The van der Waals surface area contributed by atoms with E-state index in [-0.39, 0.29) is 17.3 Å². The number of ether oxygens (including phenoxy) is 2. The number of thiocarbonyl (C=S) groups is 1. The molecule has 2 aromatic rings.